The molecular weight excluding hydrogens is 445 g/mol. The van der Waals surface area contributed by atoms with Crippen LogP contribution in [0.15, 0.2) is 24.3 Å². The van der Waals surface area contributed by atoms with Crippen molar-refractivity contribution >= 4 is 18.9 Å². The molecule has 0 amide bonds. The SMILES string of the molecule is CC1CN(c2ccccc2P(C23CC4CC(CC(C4)C2)C3)C23CC4CC(CC(C4)C2)C3)CC(C)O1. The maximum Gasteiger partial charge on any atom is 0.0726 e. The molecule has 2 unspecified atom stereocenters. The summed E-state index contributed by atoms with van der Waals surface area (Å²) in [5.41, 5.74) is 1.62. The van der Waals surface area contributed by atoms with E-state index in [2.05, 4.69) is 43.0 Å². The Hall–Kier alpha value is -0.590. The molecule has 8 saturated carbocycles. The average molecular weight is 492 g/mol. The molecule has 10 rings (SSSR count). The zero-order valence-electron chi connectivity index (χ0n) is 22.1. The molecule has 2 nitrogen and oxygen atoms in total. The summed E-state index contributed by atoms with van der Waals surface area (Å²) in [4.78, 5) is 2.75. The van der Waals surface area contributed by atoms with Gasteiger partial charge in [-0.3, -0.25) is 0 Å². The lowest BCUT2D eigenvalue weighted by Crippen LogP contribution is -2.58. The Morgan fingerprint density at radius 1 is 0.657 bits per heavy atom. The molecule has 1 aromatic carbocycles. The number of nitrogens with zero attached hydrogens (tertiary/aromatic N) is 1. The molecule has 1 aromatic rings. The highest BCUT2D eigenvalue weighted by Gasteiger charge is 2.63. The van der Waals surface area contributed by atoms with Crippen LogP contribution in [-0.2, 0) is 4.74 Å². The van der Waals surface area contributed by atoms with Crippen molar-refractivity contribution < 1.29 is 4.74 Å². The van der Waals surface area contributed by atoms with Gasteiger partial charge in [-0.1, -0.05) is 26.1 Å². The van der Waals surface area contributed by atoms with E-state index in [-0.39, 0.29) is 7.92 Å². The highest BCUT2D eigenvalue weighted by atomic mass is 31.1. The van der Waals surface area contributed by atoms with Crippen LogP contribution in [0.4, 0.5) is 5.69 Å². The fraction of sp³-hybridized carbons (Fsp3) is 0.812. The number of morpholine rings is 1. The van der Waals surface area contributed by atoms with Gasteiger partial charge in [-0.25, -0.2) is 0 Å². The Kier molecular flexibility index (Phi) is 5.09. The number of hydrogen-bond donors (Lipinski definition) is 0. The first kappa shape index (κ1) is 22.4. The third-order valence-electron chi connectivity index (χ3n) is 11.8. The van der Waals surface area contributed by atoms with Crippen molar-refractivity contribution in [3.63, 3.8) is 0 Å². The Morgan fingerprint density at radius 2 is 1.06 bits per heavy atom. The molecule has 1 aliphatic heterocycles. The minimum absolute atomic E-state index is 0.161. The Bertz CT molecular complexity index is 863. The summed E-state index contributed by atoms with van der Waals surface area (Å²) in [6, 6.07) is 9.94. The van der Waals surface area contributed by atoms with Crippen molar-refractivity contribution in [2.24, 2.45) is 35.5 Å². The van der Waals surface area contributed by atoms with Crippen LogP contribution in [0.2, 0.25) is 0 Å². The minimum atomic E-state index is -0.161. The predicted octanol–water partition coefficient (Wildman–Crippen LogP) is 7.35. The number of ether oxygens (including phenoxy) is 1. The summed E-state index contributed by atoms with van der Waals surface area (Å²) in [5, 5.41) is 3.14. The van der Waals surface area contributed by atoms with Gasteiger partial charge in [-0.05, 0) is 143 Å². The van der Waals surface area contributed by atoms with Gasteiger partial charge in [-0.15, -0.1) is 0 Å². The molecule has 190 valence electrons. The Labute approximate surface area is 214 Å². The second-order valence-corrected chi connectivity index (χ2v) is 17.8. The fourth-order valence-electron chi connectivity index (χ4n) is 12.0. The Balaban J connectivity index is 1.27. The zero-order chi connectivity index (χ0) is 23.4. The lowest BCUT2D eigenvalue weighted by molar-refractivity contribution is -0.00516. The van der Waals surface area contributed by atoms with Crippen LogP contribution >= 0.6 is 7.92 Å². The van der Waals surface area contributed by atoms with E-state index in [1.807, 2.05) is 5.30 Å². The normalized spacial score (nSPS) is 50.6. The van der Waals surface area contributed by atoms with E-state index in [0.717, 1.165) is 48.6 Å². The maximum atomic E-state index is 6.20. The van der Waals surface area contributed by atoms with Crippen LogP contribution < -0.4 is 10.2 Å². The molecule has 1 saturated heterocycles. The van der Waals surface area contributed by atoms with Gasteiger partial charge in [0.25, 0.3) is 0 Å². The molecule has 9 fully saturated rings. The second-order valence-electron chi connectivity index (χ2n) is 14.8. The van der Waals surface area contributed by atoms with Crippen LogP contribution in [-0.4, -0.2) is 35.6 Å². The molecule has 35 heavy (non-hydrogen) atoms. The summed E-state index contributed by atoms with van der Waals surface area (Å²) in [6.07, 6.45) is 19.6. The summed E-state index contributed by atoms with van der Waals surface area (Å²) in [7, 11) is -0.161. The molecular formula is C32H46NOP. The third kappa shape index (κ3) is 3.55. The summed E-state index contributed by atoms with van der Waals surface area (Å²) >= 11 is 0. The summed E-state index contributed by atoms with van der Waals surface area (Å²) < 4.78 is 6.20. The number of rotatable bonds is 4. The molecule has 8 aliphatic carbocycles. The first-order valence-corrected chi connectivity index (χ1v) is 16.6. The van der Waals surface area contributed by atoms with Gasteiger partial charge >= 0.3 is 0 Å². The molecule has 0 aromatic heterocycles. The van der Waals surface area contributed by atoms with E-state index in [9.17, 15) is 0 Å². The smallest absolute Gasteiger partial charge is 0.0726 e. The molecule has 0 N–H and O–H groups in total. The van der Waals surface area contributed by atoms with Crippen molar-refractivity contribution in [1.29, 1.82) is 0 Å². The standard InChI is InChI=1S/C32H46NOP/c1-21-19-33(20-22(2)34-21)29-5-3-4-6-30(29)35(31-13-23-7-24(14-31)9-25(8-23)15-31)32-16-26-10-27(17-32)12-28(11-26)18-32/h3-6,21-28H,7-20H2,1-2H3. The fourth-order valence-corrected chi connectivity index (χ4v) is 17.3. The van der Waals surface area contributed by atoms with Crippen molar-refractivity contribution in [3.05, 3.63) is 24.3 Å². The zero-order valence-corrected chi connectivity index (χ0v) is 23.0. The number of anilines is 1. The third-order valence-corrected chi connectivity index (χ3v) is 15.7. The average Bonchev–Trinajstić information content (AvgIpc) is 2.76. The molecule has 9 aliphatic rings. The van der Waals surface area contributed by atoms with E-state index in [1.54, 1.807) is 82.7 Å². The lowest BCUT2D eigenvalue weighted by atomic mass is 9.55. The second kappa shape index (κ2) is 7.96. The van der Waals surface area contributed by atoms with Crippen LogP contribution in [0.1, 0.15) is 90.9 Å². The highest BCUT2D eigenvalue weighted by Crippen LogP contribution is 2.78. The number of hydrogen-bond acceptors (Lipinski definition) is 2. The lowest BCUT2D eigenvalue weighted by Gasteiger charge is -2.67. The first-order valence-electron chi connectivity index (χ1n) is 15.3. The van der Waals surface area contributed by atoms with Gasteiger partial charge in [0.05, 0.1) is 12.2 Å². The number of para-hydroxylation sites is 1. The van der Waals surface area contributed by atoms with Gasteiger partial charge in [0, 0.05) is 24.1 Å². The van der Waals surface area contributed by atoms with Crippen molar-refractivity contribution in [1.82, 2.24) is 0 Å². The van der Waals surface area contributed by atoms with Gasteiger partial charge in [0.15, 0.2) is 0 Å². The van der Waals surface area contributed by atoms with Gasteiger partial charge in [0.2, 0.25) is 0 Å². The van der Waals surface area contributed by atoms with Gasteiger partial charge in [0.1, 0.15) is 0 Å². The minimum Gasteiger partial charge on any atom is -0.372 e. The van der Waals surface area contributed by atoms with Crippen molar-refractivity contribution in [3.8, 4) is 0 Å². The predicted molar refractivity (Wildman–Crippen MR) is 147 cm³/mol. The van der Waals surface area contributed by atoms with Crippen LogP contribution in [0.5, 0.6) is 0 Å². The van der Waals surface area contributed by atoms with Crippen LogP contribution in [0.25, 0.3) is 0 Å². The van der Waals surface area contributed by atoms with Gasteiger partial charge < -0.3 is 9.64 Å². The molecule has 2 atom stereocenters. The van der Waals surface area contributed by atoms with E-state index < -0.39 is 0 Å². The van der Waals surface area contributed by atoms with Crippen molar-refractivity contribution in [2.75, 3.05) is 18.0 Å². The topological polar surface area (TPSA) is 12.5 Å². The van der Waals surface area contributed by atoms with E-state index >= 15 is 0 Å². The summed E-state index contributed by atoms with van der Waals surface area (Å²) in [6.45, 7) is 6.69. The molecule has 3 heteroatoms. The quantitative estimate of drug-likeness (QED) is 0.409. The van der Waals surface area contributed by atoms with Crippen LogP contribution in [0.3, 0.4) is 0 Å². The number of benzene rings is 1. The largest absolute Gasteiger partial charge is 0.372 e. The van der Waals surface area contributed by atoms with Crippen molar-refractivity contribution in [2.45, 2.75) is 113 Å². The molecule has 0 spiro atoms. The first-order chi connectivity index (χ1) is 17.0. The molecule has 1 heterocycles. The van der Waals surface area contributed by atoms with E-state index in [4.69, 9.17) is 4.74 Å². The van der Waals surface area contributed by atoms with E-state index in [0.29, 0.717) is 22.5 Å². The Morgan fingerprint density at radius 3 is 1.49 bits per heavy atom. The highest BCUT2D eigenvalue weighted by molar-refractivity contribution is 7.69. The van der Waals surface area contributed by atoms with Crippen LogP contribution in [0, 0.1) is 35.5 Å². The van der Waals surface area contributed by atoms with E-state index in [1.165, 1.54) is 0 Å². The molecule has 8 bridgehead atoms. The monoisotopic (exact) mass is 491 g/mol. The maximum absolute atomic E-state index is 6.20. The van der Waals surface area contributed by atoms with Gasteiger partial charge in [-0.2, -0.15) is 0 Å². The summed E-state index contributed by atoms with van der Waals surface area (Å²) in [5.74, 6) is 6.31. The molecule has 0 radical (unpaired) electrons.